The standard InChI is InChI=1S/C16H16N6O3S/c1-2-21-14(10-3-4-10)18-20-16(21)26-9-13-17-19-15(25-13)11-5-7-12(8-6-11)22(23)24/h5-8,10H,2-4,9H2,1H3. The van der Waals surface area contributed by atoms with Crippen molar-refractivity contribution in [3.05, 3.63) is 46.1 Å². The second-order valence-electron chi connectivity index (χ2n) is 5.95. The van der Waals surface area contributed by atoms with Crippen LogP contribution in [0.5, 0.6) is 0 Å². The fourth-order valence-electron chi connectivity index (χ4n) is 2.63. The van der Waals surface area contributed by atoms with Gasteiger partial charge in [0.2, 0.25) is 11.8 Å². The van der Waals surface area contributed by atoms with Gasteiger partial charge in [-0.3, -0.25) is 10.1 Å². The molecule has 0 saturated heterocycles. The molecule has 3 aromatic rings. The van der Waals surface area contributed by atoms with Crippen molar-refractivity contribution < 1.29 is 9.34 Å². The highest BCUT2D eigenvalue weighted by atomic mass is 32.2. The minimum absolute atomic E-state index is 0.0226. The molecule has 134 valence electrons. The van der Waals surface area contributed by atoms with Crippen LogP contribution in [0.2, 0.25) is 0 Å². The molecule has 0 bridgehead atoms. The van der Waals surface area contributed by atoms with Crippen LogP contribution in [0.15, 0.2) is 33.8 Å². The fraction of sp³-hybridized carbons (Fsp3) is 0.375. The van der Waals surface area contributed by atoms with Crippen molar-refractivity contribution in [3.8, 4) is 11.5 Å². The van der Waals surface area contributed by atoms with Crippen LogP contribution < -0.4 is 0 Å². The average Bonchev–Trinajstić information content (AvgIpc) is 3.24. The monoisotopic (exact) mass is 372 g/mol. The molecule has 1 aromatic carbocycles. The van der Waals surface area contributed by atoms with Crippen molar-refractivity contribution in [1.29, 1.82) is 0 Å². The predicted octanol–water partition coefficient (Wildman–Crippen LogP) is 3.43. The maximum absolute atomic E-state index is 10.7. The quantitative estimate of drug-likeness (QED) is 0.352. The number of nitro groups is 1. The molecule has 10 heteroatoms. The molecule has 1 aliphatic rings. The van der Waals surface area contributed by atoms with E-state index in [4.69, 9.17) is 4.42 Å². The van der Waals surface area contributed by atoms with Crippen molar-refractivity contribution in [3.63, 3.8) is 0 Å². The van der Waals surface area contributed by atoms with Gasteiger partial charge in [0.05, 0.1) is 10.7 Å². The van der Waals surface area contributed by atoms with Crippen molar-refractivity contribution in [2.24, 2.45) is 0 Å². The lowest BCUT2D eigenvalue weighted by Crippen LogP contribution is -2.02. The van der Waals surface area contributed by atoms with E-state index in [1.807, 2.05) is 0 Å². The van der Waals surface area contributed by atoms with Crippen molar-refractivity contribution in [2.75, 3.05) is 0 Å². The molecule has 2 aromatic heterocycles. The highest BCUT2D eigenvalue weighted by molar-refractivity contribution is 7.98. The molecule has 0 aliphatic heterocycles. The minimum Gasteiger partial charge on any atom is -0.420 e. The first-order valence-electron chi connectivity index (χ1n) is 8.28. The third-order valence-electron chi connectivity index (χ3n) is 4.12. The molecular formula is C16H16N6O3S. The Hall–Kier alpha value is -2.75. The zero-order valence-corrected chi connectivity index (χ0v) is 14.8. The second-order valence-corrected chi connectivity index (χ2v) is 6.90. The summed E-state index contributed by atoms with van der Waals surface area (Å²) in [6.07, 6.45) is 2.37. The van der Waals surface area contributed by atoms with Crippen LogP contribution in [-0.2, 0) is 12.3 Å². The summed E-state index contributed by atoms with van der Waals surface area (Å²) in [5.74, 6) is 2.91. The van der Waals surface area contributed by atoms with Crippen molar-refractivity contribution >= 4 is 17.4 Å². The van der Waals surface area contributed by atoms with Crippen molar-refractivity contribution in [1.82, 2.24) is 25.0 Å². The lowest BCUT2D eigenvalue weighted by Gasteiger charge is -2.05. The van der Waals surface area contributed by atoms with Crippen LogP contribution in [0.25, 0.3) is 11.5 Å². The van der Waals surface area contributed by atoms with E-state index >= 15 is 0 Å². The first-order valence-corrected chi connectivity index (χ1v) is 9.27. The summed E-state index contributed by atoms with van der Waals surface area (Å²) in [6, 6.07) is 6.02. The summed E-state index contributed by atoms with van der Waals surface area (Å²) < 4.78 is 7.80. The lowest BCUT2D eigenvalue weighted by atomic mass is 10.2. The van der Waals surface area contributed by atoms with E-state index in [1.165, 1.54) is 36.7 Å². The summed E-state index contributed by atoms with van der Waals surface area (Å²) in [5, 5.41) is 28.2. The number of aromatic nitrogens is 5. The third-order valence-corrected chi connectivity index (χ3v) is 5.07. The molecular weight excluding hydrogens is 356 g/mol. The van der Waals surface area contributed by atoms with Gasteiger partial charge in [0.1, 0.15) is 5.82 Å². The van der Waals surface area contributed by atoms with Gasteiger partial charge in [0.25, 0.3) is 5.69 Å². The molecule has 9 nitrogen and oxygen atoms in total. The molecule has 2 heterocycles. The average molecular weight is 372 g/mol. The van der Waals surface area contributed by atoms with Gasteiger partial charge >= 0.3 is 0 Å². The molecule has 0 N–H and O–H groups in total. The van der Waals surface area contributed by atoms with Crippen LogP contribution in [0.3, 0.4) is 0 Å². The number of nitrogens with zero attached hydrogens (tertiary/aromatic N) is 6. The van der Waals surface area contributed by atoms with Crippen molar-refractivity contribution in [2.45, 2.75) is 43.1 Å². The number of non-ortho nitro benzene ring substituents is 1. The van der Waals surface area contributed by atoms with E-state index < -0.39 is 4.92 Å². The van der Waals surface area contributed by atoms with Gasteiger partial charge in [0, 0.05) is 30.2 Å². The van der Waals surface area contributed by atoms with Crippen LogP contribution >= 0.6 is 11.8 Å². The molecule has 0 atom stereocenters. The molecule has 26 heavy (non-hydrogen) atoms. The highest BCUT2D eigenvalue weighted by Crippen LogP contribution is 2.40. The van der Waals surface area contributed by atoms with Crippen LogP contribution in [0, 0.1) is 10.1 Å². The van der Waals surface area contributed by atoms with Crippen LogP contribution in [-0.4, -0.2) is 29.9 Å². The van der Waals surface area contributed by atoms with Gasteiger partial charge in [-0.05, 0) is 31.9 Å². The van der Waals surface area contributed by atoms with Gasteiger partial charge in [-0.1, -0.05) is 11.8 Å². The van der Waals surface area contributed by atoms with Crippen LogP contribution in [0.1, 0.15) is 37.4 Å². The molecule has 1 saturated carbocycles. The second kappa shape index (κ2) is 6.87. The first kappa shape index (κ1) is 16.7. The number of nitro benzene ring substituents is 1. The minimum atomic E-state index is -0.445. The lowest BCUT2D eigenvalue weighted by molar-refractivity contribution is -0.384. The third kappa shape index (κ3) is 3.32. The van der Waals surface area contributed by atoms with Gasteiger partial charge in [0.15, 0.2) is 5.16 Å². The zero-order chi connectivity index (χ0) is 18.1. The summed E-state index contributed by atoms with van der Waals surface area (Å²) in [7, 11) is 0. The zero-order valence-electron chi connectivity index (χ0n) is 14.0. The van der Waals surface area contributed by atoms with Gasteiger partial charge in [-0.2, -0.15) is 0 Å². The Kier molecular flexibility index (Phi) is 4.41. The number of rotatable bonds is 7. The Morgan fingerprint density at radius 3 is 2.65 bits per heavy atom. The number of hydrogen-bond acceptors (Lipinski definition) is 8. The van der Waals surface area contributed by atoms with Crippen LogP contribution in [0.4, 0.5) is 5.69 Å². The predicted molar refractivity (Wildman–Crippen MR) is 93.6 cm³/mol. The molecule has 0 spiro atoms. The number of benzene rings is 1. The number of thioether (sulfide) groups is 1. The summed E-state index contributed by atoms with van der Waals surface area (Å²) in [4.78, 5) is 10.3. The summed E-state index contributed by atoms with van der Waals surface area (Å²) in [5.41, 5.74) is 0.668. The molecule has 1 fully saturated rings. The maximum Gasteiger partial charge on any atom is 0.269 e. The molecule has 1 aliphatic carbocycles. The molecule has 4 rings (SSSR count). The van der Waals surface area contributed by atoms with E-state index in [2.05, 4.69) is 31.9 Å². The molecule has 0 unspecified atom stereocenters. The van der Waals surface area contributed by atoms with E-state index in [9.17, 15) is 10.1 Å². The van der Waals surface area contributed by atoms with E-state index in [0.717, 1.165) is 17.5 Å². The van der Waals surface area contributed by atoms with E-state index in [0.29, 0.717) is 29.0 Å². The Bertz CT molecular complexity index is 932. The smallest absolute Gasteiger partial charge is 0.269 e. The highest BCUT2D eigenvalue weighted by Gasteiger charge is 2.30. The number of hydrogen-bond donors (Lipinski definition) is 0. The fourth-order valence-corrected chi connectivity index (χ4v) is 3.47. The van der Waals surface area contributed by atoms with Gasteiger partial charge < -0.3 is 8.98 Å². The van der Waals surface area contributed by atoms with Gasteiger partial charge in [-0.25, -0.2) is 0 Å². The SMILES string of the molecule is CCn1c(SCc2nnc(-c3ccc([N+](=O)[O-])cc3)o2)nnc1C1CC1. The van der Waals surface area contributed by atoms with E-state index in [1.54, 1.807) is 12.1 Å². The van der Waals surface area contributed by atoms with Gasteiger partial charge in [-0.15, -0.1) is 20.4 Å². The molecule has 0 amide bonds. The molecule has 0 radical (unpaired) electrons. The topological polar surface area (TPSA) is 113 Å². The Balaban J connectivity index is 1.45. The Morgan fingerprint density at radius 2 is 2.00 bits per heavy atom. The summed E-state index contributed by atoms with van der Waals surface area (Å²) >= 11 is 1.51. The Labute approximate surface area is 153 Å². The summed E-state index contributed by atoms with van der Waals surface area (Å²) in [6.45, 7) is 2.91. The largest absolute Gasteiger partial charge is 0.420 e. The normalized spacial score (nSPS) is 13.9. The first-order chi connectivity index (χ1) is 12.7. The maximum atomic E-state index is 10.7. The van der Waals surface area contributed by atoms with E-state index in [-0.39, 0.29) is 5.69 Å². The Morgan fingerprint density at radius 1 is 1.23 bits per heavy atom.